The highest BCUT2D eigenvalue weighted by molar-refractivity contribution is 6.25. The number of para-hydroxylation sites is 2. The summed E-state index contributed by atoms with van der Waals surface area (Å²) < 4.78 is 0. The molecule has 3 aromatic rings. The minimum Gasteiger partial charge on any atom is -0.506 e. The van der Waals surface area contributed by atoms with Crippen LogP contribution in [0.5, 0.6) is 0 Å². The average Bonchev–Trinajstić information content (AvgIpc) is 2.97. The third-order valence-electron chi connectivity index (χ3n) is 3.61. The Kier molecular flexibility index (Phi) is 3.81. The smallest absolute Gasteiger partial charge is 0.167 e. The number of aromatic amines is 1. The molecule has 1 aromatic heterocycles. The molecule has 0 radical (unpaired) electrons. The molecule has 0 unspecified atom stereocenters. The fraction of sp³-hybridized carbons (Fsp3) is 0.0526. The molecular formula is C19H16N2O2. The summed E-state index contributed by atoms with van der Waals surface area (Å²) in [5.41, 5.74) is 3.14. The minimum absolute atomic E-state index is 0.0970. The molecule has 0 aliphatic rings. The van der Waals surface area contributed by atoms with Crippen molar-refractivity contribution in [3.8, 4) is 0 Å². The topological polar surface area (TPSA) is 66.0 Å². The zero-order valence-electron chi connectivity index (χ0n) is 12.7. The van der Waals surface area contributed by atoms with E-state index in [0.717, 1.165) is 16.6 Å². The van der Waals surface area contributed by atoms with Crippen molar-refractivity contribution in [2.45, 2.75) is 6.92 Å². The molecule has 2 N–H and O–H groups in total. The van der Waals surface area contributed by atoms with Gasteiger partial charge in [0.1, 0.15) is 17.2 Å². The Morgan fingerprint density at radius 2 is 2.00 bits per heavy atom. The number of benzene rings is 2. The Balaban J connectivity index is 2.20. The van der Waals surface area contributed by atoms with E-state index in [4.69, 9.17) is 0 Å². The maximum Gasteiger partial charge on any atom is 0.167 e. The molecule has 0 aliphatic heterocycles. The first kappa shape index (κ1) is 14.8. The van der Waals surface area contributed by atoms with Gasteiger partial charge in [0, 0.05) is 5.56 Å². The number of carbonyl (C=O) groups is 1. The lowest BCUT2D eigenvalue weighted by Crippen LogP contribution is -2.02. The summed E-state index contributed by atoms with van der Waals surface area (Å²) in [5.74, 6) is 0.00558. The van der Waals surface area contributed by atoms with Gasteiger partial charge in [-0.05, 0) is 30.7 Å². The second-order valence-corrected chi connectivity index (χ2v) is 5.21. The number of hydrogen-bond donors (Lipinski definition) is 2. The summed E-state index contributed by atoms with van der Waals surface area (Å²) >= 11 is 0. The van der Waals surface area contributed by atoms with E-state index in [1.807, 2.05) is 30.3 Å². The average molecular weight is 304 g/mol. The van der Waals surface area contributed by atoms with Crippen LogP contribution in [-0.2, 0) is 4.79 Å². The molecule has 2 aromatic carbocycles. The quantitative estimate of drug-likeness (QED) is 0.560. The highest BCUT2D eigenvalue weighted by Crippen LogP contribution is 2.26. The summed E-state index contributed by atoms with van der Waals surface area (Å²) in [6, 6.07) is 14.7. The van der Waals surface area contributed by atoms with Crippen molar-refractivity contribution >= 4 is 34.2 Å². The highest BCUT2D eigenvalue weighted by atomic mass is 16.3. The van der Waals surface area contributed by atoms with Gasteiger partial charge in [-0.25, -0.2) is 4.98 Å². The largest absolute Gasteiger partial charge is 0.506 e. The predicted molar refractivity (Wildman–Crippen MR) is 92.8 cm³/mol. The zero-order valence-corrected chi connectivity index (χ0v) is 12.7. The lowest BCUT2D eigenvalue weighted by Gasteiger charge is -2.07. The highest BCUT2D eigenvalue weighted by Gasteiger charge is 2.19. The van der Waals surface area contributed by atoms with Crippen molar-refractivity contribution in [1.82, 2.24) is 9.97 Å². The van der Waals surface area contributed by atoms with Crippen molar-refractivity contribution in [3.05, 3.63) is 72.1 Å². The maximum atomic E-state index is 12.1. The molecule has 0 bridgehead atoms. The second-order valence-electron chi connectivity index (χ2n) is 5.21. The van der Waals surface area contributed by atoms with Crippen LogP contribution in [0.4, 0.5) is 0 Å². The zero-order chi connectivity index (χ0) is 16.4. The van der Waals surface area contributed by atoms with Crippen LogP contribution in [0, 0.1) is 0 Å². The van der Waals surface area contributed by atoms with Crippen LogP contribution in [0.15, 0.2) is 55.1 Å². The number of H-pyrrole nitrogens is 1. The van der Waals surface area contributed by atoms with Crippen molar-refractivity contribution < 1.29 is 9.90 Å². The molecule has 0 amide bonds. The number of nitrogens with one attached hydrogen (secondary N) is 1. The number of fused-ring (bicyclic) bond motifs is 1. The summed E-state index contributed by atoms with van der Waals surface area (Å²) in [5, 5.41) is 10.6. The minimum atomic E-state index is -0.259. The standard InChI is InChI=1S/C19H16N2O2/c1-3-13-7-6-8-14(11-13)18(23)17(12(2)22)19-20-15-9-4-5-10-16(15)21-19/h3-11,23H,1H2,2H3,(H,20,21)/b18-17-. The lowest BCUT2D eigenvalue weighted by molar-refractivity contribution is -0.111. The summed E-state index contributed by atoms with van der Waals surface area (Å²) in [6.45, 7) is 5.13. The number of ketones is 1. The third kappa shape index (κ3) is 2.79. The van der Waals surface area contributed by atoms with Gasteiger partial charge in [-0.1, -0.05) is 43.0 Å². The Labute approximate surface area is 133 Å². The van der Waals surface area contributed by atoms with Gasteiger partial charge in [0.15, 0.2) is 5.78 Å². The Hall–Kier alpha value is -3.14. The molecule has 23 heavy (non-hydrogen) atoms. The normalized spacial score (nSPS) is 12.0. The molecule has 0 saturated heterocycles. The van der Waals surface area contributed by atoms with E-state index in [1.165, 1.54) is 6.92 Å². The van der Waals surface area contributed by atoms with Gasteiger partial charge in [0.2, 0.25) is 0 Å². The molecule has 3 rings (SSSR count). The second kappa shape index (κ2) is 5.93. The van der Waals surface area contributed by atoms with Crippen LogP contribution in [-0.4, -0.2) is 20.9 Å². The number of allylic oxidation sites excluding steroid dienone is 1. The van der Waals surface area contributed by atoms with E-state index in [1.54, 1.807) is 24.3 Å². The van der Waals surface area contributed by atoms with Gasteiger partial charge in [-0.3, -0.25) is 4.79 Å². The molecule has 0 aliphatic carbocycles. The fourth-order valence-electron chi connectivity index (χ4n) is 2.47. The Morgan fingerprint density at radius 3 is 2.70 bits per heavy atom. The SMILES string of the molecule is C=Cc1cccc(/C(O)=C(\C(C)=O)c2nc3ccccc3[nH]2)c1. The van der Waals surface area contributed by atoms with Crippen LogP contribution in [0.25, 0.3) is 28.4 Å². The number of rotatable bonds is 4. The van der Waals surface area contributed by atoms with Gasteiger partial charge in [0.05, 0.1) is 11.0 Å². The molecule has 1 heterocycles. The first-order valence-electron chi connectivity index (χ1n) is 7.22. The Morgan fingerprint density at radius 1 is 1.22 bits per heavy atom. The van der Waals surface area contributed by atoms with Crippen molar-refractivity contribution in [2.75, 3.05) is 0 Å². The number of nitrogens with zero attached hydrogens (tertiary/aromatic N) is 1. The number of aliphatic hydroxyl groups excluding tert-OH is 1. The fourth-order valence-corrected chi connectivity index (χ4v) is 2.47. The van der Waals surface area contributed by atoms with Crippen molar-refractivity contribution in [2.24, 2.45) is 0 Å². The first-order valence-corrected chi connectivity index (χ1v) is 7.22. The van der Waals surface area contributed by atoms with Crippen LogP contribution in [0.3, 0.4) is 0 Å². The van der Waals surface area contributed by atoms with Crippen LogP contribution in [0.2, 0.25) is 0 Å². The maximum absolute atomic E-state index is 12.1. The van der Waals surface area contributed by atoms with Crippen molar-refractivity contribution in [1.29, 1.82) is 0 Å². The van der Waals surface area contributed by atoms with Crippen LogP contribution in [0.1, 0.15) is 23.9 Å². The molecule has 114 valence electrons. The molecular weight excluding hydrogens is 288 g/mol. The summed E-state index contributed by atoms with van der Waals surface area (Å²) in [7, 11) is 0. The number of imidazole rings is 1. The van der Waals surface area contributed by atoms with E-state index in [-0.39, 0.29) is 17.1 Å². The van der Waals surface area contributed by atoms with Gasteiger partial charge in [0.25, 0.3) is 0 Å². The number of aliphatic hydroxyl groups is 1. The van der Waals surface area contributed by atoms with Gasteiger partial charge < -0.3 is 10.1 Å². The molecule has 0 spiro atoms. The number of aromatic nitrogens is 2. The molecule has 0 atom stereocenters. The predicted octanol–water partition coefficient (Wildman–Crippen LogP) is 4.22. The molecule has 0 saturated carbocycles. The lowest BCUT2D eigenvalue weighted by atomic mass is 10.0. The Bertz CT molecular complexity index is 902. The van der Waals surface area contributed by atoms with E-state index in [9.17, 15) is 9.90 Å². The van der Waals surface area contributed by atoms with Crippen LogP contribution >= 0.6 is 0 Å². The summed E-state index contributed by atoms with van der Waals surface area (Å²) in [4.78, 5) is 19.6. The monoisotopic (exact) mass is 304 g/mol. The van der Waals surface area contributed by atoms with E-state index in [0.29, 0.717) is 11.4 Å². The first-order chi connectivity index (χ1) is 11.1. The number of carbonyl (C=O) groups excluding carboxylic acids is 1. The third-order valence-corrected chi connectivity index (χ3v) is 3.61. The summed E-state index contributed by atoms with van der Waals surface area (Å²) in [6.07, 6.45) is 1.69. The van der Waals surface area contributed by atoms with E-state index < -0.39 is 0 Å². The number of hydrogen-bond acceptors (Lipinski definition) is 3. The molecule has 4 nitrogen and oxygen atoms in total. The number of Topliss-reactive ketones (excluding diaryl/α,β-unsaturated/α-hetero) is 1. The van der Waals surface area contributed by atoms with Gasteiger partial charge in [-0.15, -0.1) is 0 Å². The molecule has 4 heteroatoms. The van der Waals surface area contributed by atoms with E-state index >= 15 is 0 Å². The van der Waals surface area contributed by atoms with Gasteiger partial charge in [-0.2, -0.15) is 0 Å². The van der Waals surface area contributed by atoms with Crippen molar-refractivity contribution in [3.63, 3.8) is 0 Å². The molecule has 0 fully saturated rings. The van der Waals surface area contributed by atoms with Crippen LogP contribution < -0.4 is 0 Å². The van der Waals surface area contributed by atoms with Gasteiger partial charge >= 0.3 is 0 Å². The van der Waals surface area contributed by atoms with E-state index in [2.05, 4.69) is 16.5 Å².